The van der Waals surface area contributed by atoms with E-state index in [1.165, 1.54) is 0 Å². The van der Waals surface area contributed by atoms with E-state index in [0.29, 0.717) is 19.5 Å². The van der Waals surface area contributed by atoms with Gasteiger partial charge in [-0.15, -0.1) is 15.3 Å². The summed E-state index contributed by atoms with van der Waals surface area (Å²) in [6, 6.07) is 9.59. The summed E-state index contributed by atoms with van der Waals surface area (Å²) in [5, 5.41) is 13.1. The van der Waals surface area contributed by atoms with Crippen molar-refractivity contribution in [2.75, 3.05) is 31.1 Å². The Kier molecular flexibility index (Phi) is 4.46. The summed E-state index contributed by atoms with van der Waals surface area (Å²) < 4.78 is 1.66. The second-order valence-electron chi connectivity index (χ2n) is 6.45. The van der Waals surface area contributed by atoms with Crippen LogP contribution in [-0.2, 0) is 11.2 Å². The van der Waals surface area contributed by atoms with Crippen molar-refractivity contribution in [3.05, 3.63) is 52.8 Å². The van der Waals surface area contributed by atoms with Crippen molar-refractivity contribution in [2.24, 2.45) is 0 Å². The summed E-state index contributed by atoms with van der Waals surface area (Å²) in [6.07, 6.45) is 2.00. The Hall–Kier alpha value is -2.67. The highest BCUT2D eigenvalue weighted by atomic mass is 35.5. The normalized spacial score (nSPS) is 14.8. The lowest BCUT2D eigenvalue weighted by Gasteiger charge is -2.35. The van der Waals surface area contributed by atoms with Crippen LogP contribution in [0.2, 0.25) is 5.02 Å². The lowest BCUT2D eigenvalue weighted by Crippen LogP contribution is -2.49. The molecule has 0 bridgehead atoms. The standard InChI is InChI=1S/C18H19ClN6O/c1-13-10-14(2-3-15(13)19)11-18(26)24-8-6-23(7-9-24)17-5-4-16-21-20-12-25(16)22-17/h2-5,10,12H,6-9,11H2,1H3. The highest BCUT2D eigenvalue weighted by Crippen LogP contribution is 2.18. The second-order valence-corrected chi connectivity index (χ2v) is 6.86. The number of carbonyl (C=O) groups is 1. The summed E-state index contributed by atoms with van der Waals surface area (Å²) in [4.78, 5) is 16.7. The van der Waals surface area contributed by atoms with Crippen molar-refractivity contribution < 1.29 is 4.79 Å². The number of benzene rings is 1. The van der Waals surface area contributed by atoms with Crippen molar-refractivity contribution in [3.8, 4) is 0 Å². The maximum Gasteiger partial charge on any atom is 0.227 e. The van der Waals surface area contributed by atoms with Gasteiger partial charge in [-0.3, -0.25) is 4.79 Å². The van der Waals surface area contributed by atoms with E-state index in [1.807, 2.05) is 42.2 Å². The average molecular weight is 371 g/mol. The zero-order chi connectivity index (χ0) is 18.1. The fraction of sp³-hybridized carbons (Fsp3) is 0.333. The molecular formula is C18H19ClN6O. The number of halogens is 1. The van der Waals surface area contributed by atoms with E-state index in [-0.39, 0.29) is 5.91 Å². The van der Waals surface area contributed by atoms with Crippen LogP contribution in [-0.4, -0.2) is 56.8 Å². The molecule has 1 amide bonds. The van der Waals surface area contributed by atoms with E-state index in [0.717, 1.165) is 40.7 Å². The third kappa shape index (κ3) is 3.35. The number of hydrogen-bond acceptors (Lipinski definition) is 5. The number of aryl methyl sites for hydroxylation is 1. The van der Waals surface area contributed by atoms with Crippen molar-refractivity contribution >= 4 is 29.0 Å². The first-order valence-electron chi connectivity index (χ1n) is 8.55. The molecule has 0 spiro atoms. The summed E-state index contributed by atoms with van der Waals surface area (Å²) >= 11 is 6.05. The molecule has 7 nitrogen and oxygen atoms in total. The Labute approximate surface area is 156 Å². The summed E-state index contributed by atoms with van der Waals surface area (Å²) in [7, 11) is 0. The largest absolute Gasteiger partial charge is 0.352 e. The SMILES string of the molecule is Cc1cc(CC(=O)N2CCN(c3ccc4nncn4n3)CC2)ccc1Cl. The molecular weight excluding hydrogens is 352 g/mol. The van der Waals surface area contributed by atoms with Crippen molar-refractivity contribution in [1.29, 1.82) is 0 Å². The highest BCUT2D eigenvalue weighted by molar-refractivity contribution is 6.31. The number of rotatable bonds is 3. The second kappa shape index (κ2) is 6.92. The number of aromatic nitrogens is 4. The van der Waals surface area contributed by atoms with Gasteiger partial charge in [-0.1, -0.05) is 23.7 Å². The molecule has 1 saturated heterocycles. The number of carbonyl (C=O) groups excluding carboxylic acids is 1. The smallest absolute Gasteiger partial charge is 0.227 e. The fourth-order valence-electron chi connectivity index (χ4n) is 3.18. The van der Waals surface area contributed by atoms with E-state index in [4.69, 9.17) is 11.6 Å². The lowest BCUT2D eigenvalue weighted by atomic mass is 10.1. The molecule has 134 valence electrons. The monoisotopic (exact) mass is 370 g/mol. The predicted molar refractivity (Wildman–Crippen MR) is 99.5 cm³/mol. The molecule has 2 aromatic heterocycles. The molecule has 8 heteroatoms. The topological polar surface area (TPSA) is 66.6 Å². The van der Waals surface area contributed by atoms with Crippen LogP contribution in [0.3, 0.4) is 0 Å². The van der Waals surface area contributed by atoms with Gasteiger partial charge in [-0.25, -0.2) is 0 Å². The summed E-state index contributed by atoms with van der Waals surface area (Å²) in [5.41, 5.74) is 2.72. The zero-order valence-corrected chi connectivity index (χ0v) is 15.2. The van der Waals surface area contributed by atoms with Gasteiger partial charge in [0.25, 0.3) is 0 Å². The molecule has 0 atom stereocenters. The van der Waals surface area contributed by atoms with Gasteiger partial charge in [0.1, 0.15) is 12.1 Å². The average Bonchev–Trinajstić information content (AvgIpc) is 3.12. The molecule has 1 aliphatic rings. The van der Waals surface area contributed by atoms with Gasteiger partial charge in [0, 0.05) is 31.2 Å². The maximum atomic E-state index is 12.6. The van der Waals surface area contributed by atoms with Gasteiger partial charge in [-0.2, -0.15) is 4.52 Å². The molecule has 1 aliphatic heterocycles. The Bertz CT molecular complexity index is 948. The Morgan fingerprint density at radius 1 is 1.15 bits per heavy atom. The molecule has 0 aliphatic carbocycles. The summed E-state index contributed by atoms with van der Waals surface area (Å²) in [5.74, 6) is 1.02. The van der Waals surface area contributed by atoms with E-state index in [9.17, 15) is 4.79 Å². The number of piperazine rings is 1. The van der Waals surface area contributed by atoms with Crippen LogP contribution in [0, 0.1) is 6.92 Å². The lowest BCUT2D eigenvalue weighted by molar-refractivity contribution is -0.130. The van der Waals surface area contributed by atoms with Crippen LogP contribution in [0.15, 0.2) is 36.7 Å². The minimum atomic E-state index is 0.147. The Morgan fingerprint density at radius 3 is 2.73 bits per heavy atom. The molecule has 0 radical (unpaired) electrons. The zero-order valence-electron chi connectivity index (χ0n) is 14.5. The molecule has 1 fully saturated rings. The first-order chi connectivity index (χ1) is 12.6. The molecule has 3 aromatic rings. The van der Waals surface area contributed by atoms with Crippen LogP contribution >= 0.6 is 11.6 Å². The summed E-state index contributed by atoms with van der Waals surface area (Å²) in [6.45, 7) is 4.84. The molecule has 0 N–H and O–H groups in total. The highest BCUT2D eigenvalue weighted by Gasteiger charge is 2.22. The van der Waals surface area contributed by atoms with E-state index >= 15 is 0 Å². The van der Waals surface area contributed by atoms with Crippen LogP contribution < -0.4 is 4.90 Å². The molecule has 4 rings (SSSR count). The number of nitrogens with zero attached hydrogens (tertiary/aromatic N) is 6. The Morgan fingerprint density at radius 2 is 1.96 bits per heavy atom. The van der Waals surface area contributed by atoms with Crippen LogP contribution in [0.1, 0.15) is 11.1 Å². The minimum Gasteiger partial charge on any atom is -0.352 e. The van der Waals surface area contributed by atoms with E-state index < -0.39 is 0 Å². The molecule has 0 saturated carbocycles. The first kappa shape index (κ1) is 16.8. The van der Waals surface area contributed by atoms with Gasteiger partial charge >= 0.3 is 0 Å². The van der Waals surface area contributed by atoms with Crippen LogP contribution in [0.5, 0.6) is 0 Å². The first-order valence-corrected chi connectivity index (χ1v) is 8.93. The fourth-order valence-corrected chi connectivity index (χ4v) is 3.29. The number of anilines is 1. The van der Waals surface area contributed by atoms with Crippen molar-refractivity contribution in [3.63, 3.8) is 0 Å². The number of hydrogen-bond donors (Lipinski definition) is 0. The van der Waals surface area contributed by atoms with Gasteiger partial charge in [0.2, 0.25) is 5.91 Å². The predicted octanol–water partition coefficient (Wildman–Crippen LogP) is 1.98. The van der Waals surface area contributed by atoms with Crippen LogP contribution in [0.25, 0.3) is 5.65 Å². The maximum absolute atomic E-state index is 12.6. The van der Waals surface area contributed by atoms with Gasteiger partial charge in [0.15, 0.2) is 5.65 Å². The van der Waals surface area contributed by atoms with E-state index in [2.05, 4.69) is 20.2 Å². The molecule has 0 unspecified atom stereocenters. The third-order valence-electron chi connectivity index (χ3n) is 4.68. The molecule has 1 aromatic carbocycles. The van der Waals surface area contributed by atoms with E-state index in [1.54, 1.807) is 10.8 Å². The minimum absolute atomic E-state index is 0.147. The Balaban J connectivity index is 1.37. The van der Waals surface area contributed by atoms with Crippen LogP contribution in [0.4, 0.5) is 5.82 Å². The van der Waals surface area contributed by atoms with Gasteiger partial charge in [0.05, 0.1) is 6.42 Å². The van der Waals surface area contributed by atoms with Gasteiger partial charge < -0.3 is 9.80 Å². The van der Waals surface area contributed by atoms with Gasteiger partial charge in [-0.05, 0) is 36.2 Å². The quantitative estimate of drug-likeness (QED) is 0.705. The molecule has 26 heavy (non-hydrogen) atoms. The van der Waals surface area contributed by atoms with Crippen molar-refractivity contribution in [1.82, 2.24) is 24.7 Å². The number of amides is 1. The number of fused-ring (bicyclic) bond motifs is 1. The third-order valence-corrected chi connectivity index (χ3v) is 5.11. The molecule has 3 heterocycles. The van der Waals surface area contributed by atoms with Crippen molar-refractivity contribution in [2.45, 2.75) is 13.3 Å².